The van der Waals surface area contributed by atoms with Crippen LogP contribution in [0.3, 0.4) is 0 Å². The van der Waals surface area contributed by atoms with Crippen molar-refractivity contribution in [1.82, 2.24) is 0 Å². The minimum atomic E-state index is -3.73. The third-order valence-corrected chi connectivity index (χ3v) is 5.87. The molecule has 0 unspecified atom stereocenters. The topological polar surface area (TPSA) is 84.5 Å². The second kappa shape index (κ2) is 9.30. The summed E-state index contributed by atoms with van der Waals surface area (Å²) in [6.45, 7) is -0.226. The van der Waals surface area contributed by atoms with Gasteiger partial charge in [0.1, 0.15) is 5.75 Å². The van der Waals surface area contributed by atoms with Crippen LogP contribution >= 0.6 is 27.5 Å². The Morgan fingerprint density at radius 2 is 1.66 bits per heavy atom. The van der Waals surface area contributed by atoms with Crippen LogP contribution in [-0.2, 0) is 14.8 Å². The number of nitrogens with one attached hydrogen (secondary N) is 2. The Morgan fingerprint density at radius 1 is 0.966 bits per heavy atom. The zero-order valence-corrected chi connectivity index (χ0v) is 18.1. The molecule has 29 heavy (non-hydrogen) atoms. The van der Waals surface area contributed by atoms with Gasteiger partial charge in [0.2, 0.25) is 0 Å². The first-order valence-electron chi connectivity index (χ1n) is 8.38. The van der Waals surface area contributed by atoms with Crippen LogP contribution in [0.4, 0.5) is 11.4 Å². The molecule has 0 aliphatic rings. The van der Waals surface area contributed by atoms with Gasteiger partial charge in [0.25, 0.3) is 15.9 Å². The van der Waals surface area contributed by atoms with Crippen molar-refractivity contribution in [3.63, 3.8) is 0 Å². The molecule has 0 aliphatic carbocycles. The lowest BCUT2D eigenvalue weighted by molar-refractivity contribution is -0.118. The van der Waals surface area contributed by atoms with E-state index in [1.807, 2.05) is 0 Å². The summed E-state index contributed by atoms with van der Waals surface area (Å²) in [4.78, 5) is 12.0. The molecule has 6 nitrogen and oxygen atoms in total. The molecule has 0 aromatic heterocycles. The number of amides is 1. The summed E-state index contributed by atoms with van der Waals surface area (Å²) in [5.74, 6) is 0.00899. The highest BCUT2D eigenvalue weighted by Crippen LogP contribution is 2.21. The van der Waals surface area contributed by atoms with Gasteiger partial charge < -0.3 is 10.1 Å². The molecular formula is C20H16BrClN2O4S. The lowest BCUT2D eigenvalue weighted by Crippen LogP contribution is -2.20. The second-order valence-corrected chi connectivity index (χ2v) is 8.97. The van der Waals surface area contributed by atoms with Gasteiger partial charge in [-0.25, -0.2) is 8.42 Å². The van der Waals surface area contributed by atoms with Crippen molar-refractivity contribution in [3.05, 3.63) is 82.3 Å². The molecule has 3 rings (SSSR count). The molecule has 0 saturated heterocycles. The van der Waals surface area contributed by atoms with Gasteiger partial charge in [-0.05, 0) is 66.7 Å². The van der Waals surface area contributed by atoms with Gasteiger partial charge in [-0.1, -0.05) is 33.6 Å². The van der Waals surface area contributed by atoms with E-state index in [1.54, 1.807) is 48.5 Å². The van der Waals surface area contributed by atoms with Crippen molar-refractivity contribution < 1.29 is 17.9 Å². The van der Waals surface area contributed by atoms with Crippen LogP contribution < -0.4 is 14.8 Å². The Hall–Kier alpha value is -2.55. The zero-order chi connectivity index (χ0) is 20.9. The van der Waals surface area contributed by atoms with E-state index < -0.39 is 10.0 Å². The van der Waals surface area contributed by atoms with E-state index in [0.717, 1.165) is 4.47 Å². The summed E-state index contributed by atoms with van der Waals surface area (Å²) in [5.41, 5.74) is 1.01. The van der Waals surface area contributed by atoms with E-state index in [9.17, 15) is 13.2 Å². The van der Waals surface area contributed by atoms with Crippen LogP contribution in [0.25, 0.3) is 0 Å². The van der Waals surface area contributed by atoms with Crippen LogP contribution in [0, 0.1) is 0 Å². The Labute approximate surface area is 182 Å². The van der Waals surface area contributed by atoms with Crippen molar-refractivity contribution >= 4 is 54.8 Å². The molecule has 9 heteroatoms. The fourth-order valence-electron chi connectivity index (χ4n) is 2.36. The number of hydrogen-bond acceptors (Lipinski definition) is 4. The maximum absolute atomic E-state index is 12.5. The van der Waals surface area contributed by atoms with Crippen LogP contribution in [-0.4, -0.2) is 20.9 Å². The normalized spacial score (nSPS) is 11.0. The van der Waals surface area contributed by atoms with Gasteiger partial charge in [0.15, 0.2) is 6.61 Å². The standard InChI is InChI=1S/C20H16BrClN2O4S/c21-14-4-6-16(7-5-14)24-29(26,27)19-10-8-18(9-11-19)28-13-20(25)23-17-3-1-2-15(22)12-17/h1-12,24H,13H2,(H,23,25). The minimum Gasteiger partial charge on any atom is -0.484 e. The number of benzene rings is 3. The molecule has 0 atom stereocenters. The average Bonchev–Trinajstić information content (AvgIpc) is 2.68. The summed E-state index contributed by atoms with van der Waals surface area (Å²) in [5, 5.41) is 3.17. The summed E-state index contributed by atoms with van der Waals surface area (Å²) < 4.78 is 33.7. The van der Waals surface area contributed by atoms with Crippen LogP contribution in [0.15, 0.2) is 82.2 Å². The molecule has 1 amide bonds. The maximum Gasteiger partial charge on any atom is 0.262 e. The fourth-order valence-corrected chi connectivity index (χ4v) is 3.87. The third kappa shape index (κ3) is 6.22. The molecule has 0 saturated carbocycles. The van der Waals surface area contributed by atoms with Crippen molar-refractivity contribution in [1.29, 1.82) is 0 Å². The first-order valence-corrected chi connectivity index (χ1v) is 11.0. The number of rotatable bonds is 7. The smallest absolute Gasteiger partial charge is 0.262 e. The molecule has 2 N–H and O–H groups in total. The lowest BCUT2D eigenvalue weighted by atomic mass is 10.3. The molecule has 0 aliphatic heterocycles. The fraction of sp³-hybridized carbons (Fsp3) is 0.0500. The van der Waals surface area contributed by atoms with Crippen molar-refractivity contribution in [2.24, 2.45) is 0 Å². The molecule has 3 aromatic carbocycles. The van der Waals surface area contributed by atoms with E-state index in [2.05, 4.69) is 26.0 Å². The minimum absolute atomic E-state index is 0.0798. The molecule has 3 aromatic rings. The molecule has 0 spiro atoms. The highest BCUT2D eigenvalue weighted by Gasteiger charge is 2.14. The Balaban J connectivity index is 1.58. The monoisotopic (exact) mass is 494 g/mol. The molecule has 0 bridgehead atoms. The second-order valence-electron chi connectivity index (χ2n) is 5.93. The first kappa shape index (κ1) is 21.2. The number of hydrogen-bond donors (Lipinski definition) is 2. The molecule has 0 heterocycles. The lowest BCUT2D eigenvalue weighted by Gasteiger charge is -2.10. The summed E-state index contributed by atoms with van der Waals surface area (Å²) in [6, 6.07) is 19.3. The first-order chi connectivity index (χ1) is 13.8. The summed E-state index contributed by atoms with van der Waals surface area (Å²) >= 11 is 9.17. The zero-order valence-electron chi connectivity index (χ0n) is 14.9. The molecule has 150 valence electrons. The predicted octanol–water partition coefficient (Wildman–Crippen LogP) is 4.92. The number of ether oxygens (including phenoxy) is 1. The summed E-state index contributed by atoms with van der Waals surface area (Å²) in [6.07, 6.45) is 0. The highest BCUT2D eigenvalue weighted by molar-refractivity contribution is 9.10. The van der Waals surface area contributed by atoms with Gasteiger partial charge >= 0.3 is 0 Å². The van der Waals surface area contributed by atoms with E-state index in [4.69, 9.17) is 16.3 Å². The van der Waals surface area contributed by atoms with E-state index in [0.29, 0.717) is 22.1 Å². The van der Waals surface area contributed by atoms with Crippen LogP contribution in [0.1, 0.15) is 0 Å². The third-order valence-electron chi connectivity index (χ3n) is 3.71. The van der Waals surface area contributed by atoms with Crippen molar-refractivity contribution in [2.75, 3.05) is 16.6 Å². The quantitative estimate of drug-likeness (QED) is 0.487. The van der Waals surface area contributed by atoms with Gasteiger partial charge in [-0.2, -0.15) is 0 Å². The highest BCUT2D eigenvalue weighted by atomic mass is 79.9. The van der Waals surface area contributed by atoms with Gasteiger partial charge in [-0.15, -0.1) is 0 Å². The number of sulfonamides is 1. The molecule has 0 fully saturated rings. The van der Waals surface area contributed by atoms with E-state index >= 15 is 0 Å². The number of carbonyl (C=O) groups excluding carboxylic acids is 1. The van der Waals surface area contributed by atoms with Crippen LogP contribution in [0.5, 0.6) is 5.75 Å². The molecule has 0 radical (unpaired) electrons. The van der Waals surface area contributed by atoms with Gasteiger partial charge in [0.05, 0.1) is 4.90 Å². The molecular weight excluding hydrogens is 480 g/mol. The number of carbonyl (C=O) groups is 1. The van der Waals surface area contributed by atoms with Crippen LogP contribution in [0.2, 0.25) is 5.02 Å². The van der Waals surface area contributed by atoms with Crippen molar-refractivity contribution in [2.45, 2.75) is 4.90 Å². The number of anilines is 2. The Bertz CT molecular complexity index is 1100. The van der Waals surface area contributed by atoms with Gasteiger partial charge in [-0.3, -0.25) is 9.52 Å². The largest absolute Gasteiger partial charge is 0.484 e. The SMILES string of the molecule is O=C(COc1ccc(S(=O)(=O)Nc2ccc(Br)cc2)cc1)Nc1cccc(Cl)c1. The van der Waals surface area contributed by atoms with E-state index in [-0.39, 0.29) is 17.4 Å². The maximum atomic E-state index is 12.5. The number of halogens is 2. The van der Waals surface area contributed by atoms with Gasteiger partial charge in [0, 0.05) is 20.9 Å². The van der Waals surface area contributed by atoms with Crippen molar-refractivity contribution in [3.8, 4) is 5.75 Å². The van der Waals surface area contributed by atoms with E-state index in [1.165, 1.54) is 24.3 Å². The predicted molar refractivity (Wildman–Crippen MR) is 117 cm³/mol. The average molecular weight is 496 g/mol. The Kier molecular flexibility index (Phi) is 6.79. The Morgan fingerprint density at radius 3 is 2.31 bits per heavy atom. The summed E-state index contributed by atoms with van der Waals surface area (Å²) in [7, 11) is -3.73.